The summed E-state index contributed by atoms with van der Waals surface area (Å²) in [6, 6.07) is 28.6. The molecule has 0 saturated carbocycles. The molecular weight excluding hydrogens is 484 g/mol. The number of hydrogen-bond donors (Lipinski definition) is 1. The van der Waals surface area contributed by atoms with Gasteiger partial charge in [0, 0.05) is 5.56 Å². The van der Waals surface area contributed by atoms with Crippen LogP contribution >= 0.6 is 11.8 Å². The summed E-state index contributed by atoms with van der Waals surface area (Å²) in [6.07, 6.45) is 1.74. The summed E-state index contributed by atoms with van der Waals surface area (Å²) in [4.78, 5) is 29.3. The zero-order chi connectivity index (χ0) is 25.6. The highest BCUT2D eigenvalue weighted by Gasteiger charge is 2.25. The summed E-state index contributed by atoms with van der Waals surface area (Å²) < 4.78 is 12.0. The number of hydrogen-bond acceptors (Lipinski definition) is 5. The van der Waals surface area contributed by atoms with Crippen molar-refractivity contribution in [2.24, 2.45) is 4.99 Å². The SMILES string of the molecule is CCOc1cc(/C=C2\SC(=NC(=O)c3ccccc3)NC2=O)ccc1OCc1cccc2ccccc12. The lowest BCUT2D eigenvalue weighted by atomic mass is 10.1. The number of carbonyl (C=O) groups is 2. The Morgan fingerprint density at radius 3 is 2.54 bits per heavy atom. The van der Waals surface area contributed by atoms with Crippen LogP contribution in [-0.2, 0) is 11.4 Å². The molecule has 6 nitrogen and oxygen atoms in total. The minimum Gasteiger partial charge on any atom is -0.490 e. The van der Waals surface area contributed by atoms with E-state index in [1.54, 1.807) is 30.3 Å². The Labute approximate surface area is 219 Å². The van der Waals surface area contributed by atoms with Gasteiger partial charge in [-0.05, 0) is 70.9 Å². The molecule has 1 aliphatic rings. The van der Waals surface area contributed by atoms with Crippen molar-refractivity contribution in [2.75, 3.05) is 6.61 Å². The second-order valence-electron chi connectivity index (χ2n) is 8.22. The number of rotatable bonds is 7. The first-order chi connectivity index (χ1) is 18.1. The van der Waals surface area contributed by atoms with Crippen molar-refractivity contribution in [3.05, 3.63) is 113 Å². The van der Waals surface area contributed by atoms with E-state index in [4.69, 9.17) is 9.47 Å². The van der Waals surface area contributed by atoms with Gasteiger partial charge in [0.1, 0.15) is 6.61 Å². The molecule has 4 aromatic rings. The first-order valence-electron chi connectivity index (χ1n) is 11.9. The van der Waals surface area contributed by atoms with Crippen molar-refractivity contribution in [2.45, 2.75) is 13.5 Å². The van der Waals surface area contributed by atoms with E-state index in [2.05, 4.69) is 34.6 Å². The van der Waals surface area contributed by atoms with Crippen molar-refractivity contribution in [1.82, 2.24) is 5.32 Å². The Morgan fingerprint density at radius 2 is 1.70 bits per heavy atom. The van der Waals surface area contributed by atoms with Gasteiger partial charge in [0.25, 0.3) is 11.8 Å². The summed E-state index contributed by atoms with van der Waals surface area (Å²) in [5, 5.41) is 5.23. The van der Waals surface area contributed by atoms with Crippen LogP contribution in [0.1, 0.15) is 28.4 Å². The molecule has 0 radical (unpaired) electrons. The van der Waals surface area contributed by atoms with E-state index in [-0.39, 0.29) is 11.1 Å². The number of thioether (sulfide) groups is 1. The highest BCUT2D eigenvalue weighted by atomic mass is 32.2. The largest absolute Gasteiger partial charge is 0.490 e. The third kappa shape index (κ3) is 5.73. The van der Waals surface area contributed by atoms with Crippen molar-refractivity contribution in [1.29, 1.82) is 0 Å². The van der Waals surface area contributed by atoms with Crippen molar-refractivity contribution in [3.8, 4) is 11.5 Å². The molecule has 0 aromatic heterocycles. The number of aliphatic imine (C=N–C) groups is 1. The van der Waals surface area contributed by atoms with Gasteiger partial charge in [0.15, 0.2) is 16.7 Å². The molecule has 7 heteroatoms. The summed E-state index contributed by atoms with van der Waals surface area (Å²) >= 11 is 1.13. The third-order valence-electron chi connectivity index (χ3n) is 5.70. The van der Waals surface area contributed by atoms with Gasteiger partial charge in [-0.3, -0.25) is 9.59 Å². The molecule has 1 N–H and O–H groups in total. The molecule has 1 fully saturated rings. The standard InChI is InChI=1S/C30H24N2O4S/c1-2-35-26-17-20(15-16-25(26)36-19-23-13-8-12-21-9-6-7-14-24(21)23)18-27-29(34)32-30(37-27)31-28(33)22-10-4-3-5-11-22/h3-18H,2,19H2,1H3,(H,31,32,33,34)/b27-18-. The fourth-order valence-corrected chi connectivity index (χ4v) is 4.76. The van der Waals surface area contributed by atoms with E-state index in [0.29, 0.717) is 35.2 Å². The van der Waals surface area contributed by atoms with Crippen LogP contribution in [0.3, 0.4) is 0 Å². The summed E-state index contributed by atoms with van der Waals surface area (Å²) in [5.41, 5.74) is 2.32. The van der Waals surface area contributed by atoms with Gasteiger partial charge in [0.05, 0.1) is 11.5 Å². The van der Waals surface area contributed by atoms with Gasteiger partial charge in [-0.1, -0.05) is 66.7 Å². The molecule has 1 heterocycles. The molecule has 37 heavy (non-hydrogen) atoms. The Balaban J connectivity index is 1.33. The molecule has 184 valence electrons. The number of amidine groups is 1. The molecule has 0 atom stereocenters. The van der Waals surface area contributed by atoms with Crippen LogP contribution in [0.2, 0.25) is 0 Å². The highest BCUT2D eigenvalue weighted by Crippen LogP contribution is 2.33. The average Bonchev–Trinajstić information content (AvgIpc) is 3.26. The Kier molecular flexibility index (Phi) is 7.33. The minimum atomic E-state index is -0.407. The van der Waals surface area contributed by atoms with Crippen molar-refractivity contribution >= 4 is 45.6 Å². The monoisotopic (exact) mass is 508 g/mol. The quantitative estimate of drug-likeness (QED) is 0.300. The molecule has 0 bridgehead atoms. The molecule has 4 aromatic carbocycles. The van der Waals surface area contributed by atoms with E-state index in [1.165, 1.54) is 0 Å². The number of ether oxygens (including phenoxy) is 2. The van der Waals surface area contributed by atoms with Gasteiger partial charge in [-0.15, -0.1) is 0 Å². The molecule has 1 aliphatic heterocycles. The Hall–Kier alpha value is -4.36. The van der Waals surface area contributed by atoms with E-state index in [0.717, 1.165) is 33.7 Å². The third-order valence-corrected chi connectivity index (χ3v) is 6.61. The number of carbonyl (C=O) groups excluding carboxylic acids is 2. The first kappa shape index (κ1) is 24.3. The van der Waals surface area contributed by atoms with E-state index >= 15 is 0 Å². The van der Waals surface area contributed by atoms with Crippen LogP contribution in [0.5, 0.6) is 11.5 Å². The normalized spacial score (nSPS) is 15.2. The van der Waals surface area contributed by atoms with Crippen LogP contribution in [0.15, 0.2) is 101 Å². The van der Waals surface area contributed by atoms with Crippen LogP contribution in [0, 0.1) is 0 Å². The van der Waals surface area contributed by atoms with Crippen LogP contribution < -0.4 is 14.8 Å². The lowest BCUT2D eigenvalue weighted by molar-refractivity contribution is -0.115. The molecule has 0 spiro atoms. The summed E-state index contributed by atoms with van der Waals surface area (Å²) in [6.45, 7) is 2.78. The number of benzene rings is 4. The summed E-state index contributed by atoms with van der Waals surface area (Å²) in [5.74, 6) is 0.500. The van der Waals surface area contributed by atoms with Gasteiger partial charge >= 0.3 is 0 Å². The molecule has 0 unspecified atom stereocenters. The molecule has 2 amide bonds. The van der Waals surface area contributed by atoms with Gasteiger partial charge in [0.2, 0.25) is 0 Å². The number of nitrogens with zero attached hydrogens (tertiary/aromatic N) is 1. The zero-order valence-corrected chi connectivity index (χ0v) is 21.0. The Morgan fingerprint density at radius 1 is 0.919 bits per heavy atom. The second kappa shape index (κ2) is 11.1. The van der Waals surface area contributed by atoms with Crippen LogP contribution in [-0.4, -0.2) is 23.6 Å². The second-order valence-corrected chi connectivity index (χ2v) is 9.25. The Bertz CT molecular complexity index is 1520. The van der Waals surface area contributed by atoms with Crippen molar-refractivity contribution in [3.63, 3.8) is 0 Å². The zero-order valence-electron chi connectivity index (χ0n) is 20.1. The van der Waals surface area contributed by atoms with Crippen LogP contribution in [0.25, 0.3) is 16.8 Å². The first-order valence-corrected chi connectivity index (χ1v) is 12.7. The van der Waals surface area contributed by atoms with Crippen LogP contribution in [0.4, 0.5) is 0 Å². The smallest absolute Gasteiger partial charge is 0.279 e. The molecule has 0 aliphatic carbocycles. The van der Waals surface area contributed by atoms with Crippen molar-refractivity contribution < 1.29 is 19.1 Å². The lowest BCUT2D eigenvalue weighted by Gasteiger charge is -2.14. The number of nitrogens with one attached hydrogen (secondary N) is 1. The maximum Gasteiger partial charge on any atom is 0.279 e. The number of amides is 2. The van der Waals surface area contributed by atoms with Gasteiger partial charge in [-0.2, -0.15) is 4.99 Å². The highest BCUT2D eigenvalue weighted by molar-refractivity contribution is 8.18. The molecular formula is C30H24N2O4S. The maximum absolute atomic E-state index is 12.5. The fraction of sp³-hybridized carbons (Fsp3) is 0.100. The topological polar surface area (TPSA) is 77.0 Å². The number of fused-ring (bicyclic) bond motifs is 1. The van der Waals surface area contributed by atoms with Gasteiger partial charge in [-0.25, -0.2) is 0 Å². The predicted octanol–water partition coefficient (Wildman–Crippen LogP) is 6.22. The van der Waals surface area contributed by atoms with E-state index in [9.17, 15) is 9.59 Å². The summed E-state index contributed by atoms with van der Waals surface area (Å²) in [7, 11) is 0. The lowest BCUT2D eigenvalue weighted by Crippen LogP contribution is -2.20. The van der Waals surface area contributed by atoms with E-state index < -0.39 is 5.91 Å². The predicted molar refractivity (Wildman–Crippen MR) is 148 cm³/mol. The van der Waals surface area contributed by atoms with E-state index in [1.807, 2.05) is 49.4 Å². The maximum atomic E-state index is 12.5. The van der Waals surface area contributed by atoms with Gasteiger partial charge < -0.3 is 14.8 Å². The average molecular weight is 509 g/mol. The fourth-order valence-electron chi connectivity index (χ4n) is 3.95. The minimum absolute atomic E-state index is 0.255. The molecule has 5 rings (SSSR count). The molecule has 1 saturated heterocycles.